The van der Waals surface area contributed by atoms with Gasteiger partial charge in [0.1, 0.15) is 0 Å². The van der Waals surface area contributed by atoms with Gasteiger partial charge >= 0.3 is 0 Å². The van der Waals surface area contributed by atoms with Gasteiger partial charge in [-0.1, -0.05) is 39.0 Å². The third-order valence-electron chi connectivity index (χ3n) is 2.04. The number of hydrogen-bond acceptors (Lipinski definition) is 0. The molecule has 0 aromatic heterocycles. The number of halogens is 1. The zero-order valence-electron chi connectivity index (χ0n) is 9.32. The van der Waals surface area contributed by atoms with Crippen LogP contribution in [0, 0.1) is 11.8 Å². The van der Waals surface area contributed by atoms with Crippen molar-refractivity contribution in [1.82, 2.24) is 0 Å². The third kappa shape index (κ3) is 12.9. The SMILES string of the molecule is C/C=C(/C)[SiH2]Cl.CC(C)C(C)C. The van der Waals surface area contributed by atoms with Crippen LogP contribution in [0.1, 0.15) is 41.5 Å². The Morgan fingerprint density at radius 2 is 1.50 bits per heavy atom. The minimum absolute atomic E-state index is 0.328. The predicted octanol–water partition coefficient (Wildman–Crippen LogP) is 3.53. The van der Waals surface area contributed by atoms with Gasteiger partial charge in [-0.15, -0.1) is 0 Å². The molecule has 0 aromatic carbocycles. The number of allylic oxidation sites excluding steroid dienone is 2. The van der Waals surface area contributed by atoms with Crippen LogP contribution in [0.15, 0.2) is 11.3 Å². The third-order valence-corrected chi connectivity index (χ3v) is 4.13. The van der Waals surface area contributed by atoms with Crippen LogP contribution in [-0.2, 0) is 0 Å². The largest absolute Gasteiger partial charge is 0.170 e. The Morgan fingerprint density at radius 1 is 1.17 bits per heavy atom. The van der Waals surface area contributed by atoms with Gasteiger partial charge < -0.3 is 0 Å². The van der Waals surface area contributed by atoms with Crippen molar-refractivity contribution in [1.29, 1.82) is 0 Å². The summed E-state index contributed by atoms with van der Waals surface area (Å²) < 4.78 is 0. The zero-order chi connectivity index (χ0) is 10.1. The second kappa shape index (κ2) is 9.34. The van der Waals surface area contributed by atoms with Crippen molar-refractivity contribution in [2.75, 3.05) is 0 Å². The summed E-state index contributed by atoms with van der Waals surface area (Å²) in [6, 6.07) is 0. The average molecular weight is 207 g/mol. The zero-order valence-corrected chi connectivity index (χ0v) is 11.5. The van der Waals surface area contributed by atoms with Gasteiger partial charge in [0.15, 0.2) is 8.83 Å². The normalized spacial score (nSPS) is 12.6. The highest BCUT2D eigenvalue weighted by Gasteiger charge is 1.95. The van der Waals surface area contributed by atoms with Gasteiger partial charge in [0.05, 0.1) is 0 Å². The molecule has 12 heavy (non-hydrogen) atoms. The highest BCUT2D eigenvalue weighted by molar-refractivity contribution is 6.97. The van der Waals surface area contributed by atoms with Crippen molar-refractivity contribution in [3.63, 3.8) is 0 Å². The van der Waals surface area contributed by atoms with E-state index in [1.54, 1.807) is 0 Å². The van der Waals surface area contributed by atoms with Crippen molar-refractivity contribution in [3.05, 3.63) is 11.3 Å². The fourth-order valence-electron chi connectivity index (χ4n) is 0.0772. The van der Waals surface area contributed by atoms with E-state index in [-0.39, 0.29) is 8.83 Å². The molecule has 0 aliphatic carbocycles. The Morgan fingerprint density at radius 3 is 1.50 bits per heavy atom. The van der Waals surface area contributed by atoms with E-state index in [1.807, 2.05) is 6.92 Å². The maximum Gasteiger partial charge on any atom is 0.151 e. The number of hydrogen-bond donors (Lipinski definition) is 0. The number of rotatable bonds is 2. The molecule has 0 unspecified atom stereocenters. The van der Waals surface area contributed by atoms with Crippen molar-refractivity contribution in [2.24, 2.45) is 11.8 Å². The Labute approximate surface area is 84.9 Å². The molecule has 0 aliphatic heterocycles. The maximum atomic E-state index is 5.52. The minimum Gasteiger partial charge on any atom is -0.170 e. The van der Waals surface area contributed by atoms with Crippen LogP contribution in [0.5, 0.6) is 0 Å². The molecular weight excluding hydrogens is 184 g/mol. The van der Waals surface area contributed by atoms with Crippen LogP contribution in [0.2, 0.25) is 0 Å². The Hall–Kier alpha value is 0.247. The summed E-state index contributed by atoms with van der Waals surface area (Å²) in [6.45, 7) is 13.1. The van der Waals surface area contributed by atoms with Gasteiger partial charge in [0.2, 0.25) is 0 Å². The molecule has 0 bridgehead atoms. The molecule has 0 aromatic rings. The van der Waals surface area contributed by atoms with Gasteiger partial charge in [-0.3, -0.25) is 0 Å². The Balaban J connectivity index is 0. The minimum atomic E-state index is -0.328. The summed E-state index contributed by atoms with van der Waals surface area (Å²) in [5.74, 6) is 1.70. The second-order valence-electron chi connectivity index (χ2n) is 3.76. The van der Waals surface area contributed by atoms with E-state index in [9.17, 15) is 0 Å². The van der Waals surface area contributed by atoms with Gasteiger partial charge in [0, 0.05) is 0 Å². The highest BCUT2D eigenvalue weighted by atomic mass is 35.6. The van der Waals surface area contributed by atoms with Crippen LogP contribution in [-0.4, -0.2) is 8.83 Å². The lowest BCUT2D eigenvalue weighted by Crippen LogP contribution is -1.95. The molecule has 0 heterocycles. The standard InChI is InChI=1S/C6H14.C4H9ClSi/c1-5(2)6(3)4;1-3-4(2)6-5/h5-6H,1-4H3;3H,6H2,1-2H3/b;4-3-. The molecule has 74 valence electrons. The van der Waals surface area contributed by atoms with Crippen LogP contribution in [0.3, 0.4) is 0 Å². The van der Waals surface area contributed by atoms with E-state index in [0.29, 0.717) is 0 Å². The fraction of sp³-hybridized carbons (Fsp3) is 0.800. The van der Waals surface area contributed by atoms with Crippen molar-refractivity contribution in [3.8, 4) is 0 Å². The first-order chi connectivity index (χ1) is 5.45. The fourth-order valence-corrected chi connectivity index (χ4v) is 0.694. The molecular formula is C10H23ClSi. The van der Waals surface area contributed by atoms with E-state index in [2.05, 4.69) is 40.7 Å². The van der Waals surface area contributed by atoms with Crippen LogP contribution in [0.4, 0.5) is 0 Å². The molecule has 0 amide bonds. The molecule has 2 heteroatoms. The van der Waals surface area contributed by atoms with E-state index in [0.717, 1.165) is 11.8 Å². The molecule has 0 fully saturated rings. The molecule has 0 aliphatic rings. The van der Waals surface area contributed by atoms with Gasteiger partial charge in [-0.05, 0) is 25.7 Å². The molecule has 0 spiro atoms. The molecule has 0 rings (SSSR count). The van der Waals surface area contributed by atoms with E-state index in [1.165, 1.54) is 5.20 Å². The van der Waals surface area contributed by atoms with Crippen molar-refractivity contribution < 1.29 is 0 Å². The summed E-state index contributed by atoms with van der Waals surface area (Å²) in [5.41, 5.74) is 0. The van der Waals surface area contributed by atoms with E-state index < -0.39 is 0 Å². The van der Waals surface area contributed by atoms with Crippen molar-refractivity contribution >= 4 is 19.9 Å². The summed E-state index contributed by atoms with van der Waals surface area (Å²) in [7, 11) is -0.328. The van der Waals surface area contributed by atoms with Crippen molar-refractivity contribution in [2.45, 2.75) is 41.5 Å². The summed E-state index contributed by atoms with van der Waals surface area (Å²) in [4.78, 5) is 0. The van der Waals surface area contributed by atoms with Gasteiger partial charge in [-0.2, -0.15) is 11.1 Å². The molecule has 0 radical (unpaired) electrons. The first-order valence-electron chi connectivity index (χ1n) is 4.63. The van der Waals surface area contributed by atoms with E-state index in [4.69, 9.17) is 11.1 Å². The lowest BCUT2D eigenvalue weighted by molar-refractivity contribution is 0.457. The maximum absolute atomic E-state index is 5.52. The van der Waals surface area contributed by atoms with Crippen LogP contribution >= 0.6 is 11.1 Å². The Bertz CT molecular complexity index is 111. The predicted molar refractivity (Wildman–Crippen MR) is 63.5 cm³/mol. The first-order valence-corrected chi connectivity index (χ1v) is 7.47. The van der Waals surface area contributed by atoms with Crippen LogP contribution in [0.25, 0.3) is 0 Å². The molecule has 0 nitrogen and oxygen atoms in total. The summed E-state index contributed by atoms with van der Waals surface area (Å²) >= 11 is 5.52. The topological polar surface area (TPSA) is 0 Å². The molecule has 0 N–H and O–H groups in total. The second-order valence-corrected chi connectivity index (χ2v) is 5.94. The Kier molecular flexibility index (Phi) is 11.5. The van der Waals surface area contributed by atoms with Gasteiger partial charge in [0.25, 0.3) is 0 Å². The lowest BCUT2D eigenvalue weighted by atomic mass is 10.0. The average Bonchev–Trinajstić information content (AvgIpc) is 2.04. The lowest BCUT2D eigenvalue weighted by Gasteiger charge is -2.05. The van der Waals surface area contributed by atoms with Gasteiger partial charge in [-0.25, -0.2) is 0 Å². The summed E-state index contributed by atoms with van der Waals surface area (Å²) in [5, 5.41) is 1.37. The smallest absolute Gasteiger partial charge is 0.151 e. The first kappa shape index (κ1) is 14.8. The molecule has 0 saturated heterocycles. The highest BCUT2D eigenvalue weighted by Crippen LogP contribution is 2.05. The molecule has 0 saturated carbocycles. The van der Waals surface area contributed by atoms with Crippen LogP contribution < -0.4 is 0 Å². The van der Waals surface area contributed by atoms with E-state index >= 15 is 0 Å². The summed E-state index contributed by atoms with van der Waals surface area (Å²) in [6.07, 6.45) is 2.07. The quantitative estimate of drug-likeness (QED) is 0.479. The monoisotopic (exact) mass is 206 g/mol. The molecule has 0 atom stereocenters.